The predicted molar refractivity (Wildman–Crippen MR) is 64.1 cm³/mol. The van der Waals surface area contributed by atoms with Crippen LogP contribution >= 0.6 is 0 Å². The van der Waals surface area contributed by atoms with Gasteiger partial charge in [-0.2, -0.15) is 0 Å². The number of hydrogen-bond acceptors (Lipinski definition) is 1. The lowest BCUT2D eigenvalue weighted by atomic mass is 9.86. The van der Waals surface area contributed by atoms with Crippen LogP contribution in [-0.4, -0.2) is 6.29 Å². The first-order valence-electron chi connectivity index (χ1n) is 5.48. The number of carbonyl (C=O) groups is 1. The quantitative estimate of drug-likeness (QED) is 0.690. The van der Waals surface area contributed by atoms with Crippen molar-refractivity contribution in [3.63, 3.8) is 0 Å². The molecule has 0 fully saturated rings. The molecule has 15 heavy (non-hydrogen) atoms. The van der Waals surface area contributed by atoms with Gasteiger partial charge in [-0.3, -0.25) is 0 Å². The second-order valence-corrected chi connectivity index (χ2v) is 5.26. The average Bonchev–Trinajstić information content (AvgIpc) is 2.17. The molecule has 82 valence electrons. The lowest BCUT2D eigenvalue weighted by molar-refractivity contribution is -0.110. The molecule has 1 aromatic carbocycles. The molecule has 0 saturated heterocycles. The Bertz CT molecular complexity index is 316. The molecule has 1 heteroatoms. The Morgan fingerprint density at radius 2 is 1.73 bits per heavy atom. The fraction of sp³-hybridized carbons (Fsp3) is 0.500. The van der Waals surface area contributed by atoms with E-state index in [0.717, 1.165) is 12.7 Å². The molecule has 0 aliphatic rings. The van der Waals surface area contributed by atoms with Crippen LogP contribution in [0.2, 0.25) is 0 Å². The normalized spacial score (nSPS) is 13.6. The topological polar surface area (TPSA) is 17.1 Å². The summed E-state index contributed by atoms with van der Waals surface area (Å²) in [4.78, 5) is 10.5. The van der Waals surface area contributed by atoms with Crippen molar-refractivity contribution in [3.05, 3.63) is 35.4 Å². The van der Waals surface area contributed by atoms with Crippen LogP contribution in [0.4, 0.5) is 0 Å². The van der Waals surface area contributed by atoms with Crippen molar-refractivity contribution < 1.29 is 4.79 Å². The number of hydrogen-bond donors (Lipinski definition) is 0. The first kappa shape index (κ1) is 12.0. The van der Waals surface area contributed by atoms with Crippen molar-refractivity contribution in [3.8, 4) is 0 Å². The first-order valence-corrected chi connectivity index (χ1v) is 5.48. The number of carbonyl (C=O) groups excluding carboxylic acids is 1. The zero-order chi connectivity index (χ0) is 11.5. The van der Waals surface area contributed by atoms with Gasteiger partial charge in [0.1, 0.15) is 6.29 Å². The highest BCUT2D eigenvalue weighted by atomic mass is 16.1. The number of benzene rings is 1. The van der Waals surface area contributed by atoms with E-state index in [-0.39, 0.29) is 11.3 Å². The summed E-state index contributed by atoms with van der Waals surface area (Å²) in [5.74, 6) is 0.116. The lowest BCUT2D eigenvalue weighted by Gasteiger charge is -2.19. The molecule has 1 aromatic rings. The summed E-state index contributed by atoms with van der Waals surface area (Å²) < 4.78 is 0. The molecular weight excluding hydrogens is 184 g/mol. The van der Waals surface area contributed by atoms with Crippen LogP contribution in [0, 0.1) is 5.92 Å². The largest absolute Gasteiger partial charge is 0.303 e. The Balaban J connectivity index is 2.77. The third kappa shape index (κ3) is 3.50. The van der Waals surface area contributed by atoms with Crippen molar-refractivity contribution in [1.29, 1.82) is 0 Å². The van der Waals surface area contributed by atoms with Crippen molar-refractivity contribution in [2.24, 2.45) is 5.92 Å². The Hall–Kier alpha value is -1.11. The van der Waals surface area contributed by atoms with E-state index in [4.69, 9.17) is 0 Å². The summed E-state index contributed by atoms with van der Waals surface area (Å²) in [6.07, 6.45) is 1.85. The molecule has 0 radical (unpaired) electrons. The molecule has 0 heterocycles. The van der Waals surface area contributed by atoms with E-state index in [1.807, 2.05) is 6.92 Å². The molecule has 0 spiro atoms. The zero-order valence-corrected chi connectivity index (χ0v) is 10.1. The minimum Gasteiger partial charge on any atom is -0.303 e. The maximum atomic E-state index is 10.5. The molecule has 1 nitrogen and oxygen atoms in total. The predicted octanol–water partition coefficient (Wildman–Crippen LogP) is 3.36. The van der Waals surface area contributed by atoms with Gasteiger partial charge < -0.3 is 4.79 Å². The van der Waals surface area contributed by atoms with Gasteiger partial charge in [-0.25, -0.2) is 0 Å². The van der Waals surface area contributed by atoms with Gasteiger partial charge in [0.15, 0.2) is 0 Å². The maximum absolute atomic E-state index is 10.5. The molecule has 0 aromatic heterocycles. The van der Waals surface area contributed by atoms with E-state index in [0.29, 0.717) is 0 Å². The maximum Gasteiger partial charge on any atom is 0.123 e. The molecule has 1 atom stereocenters. The van der Waals surface area contributed by atoms with E-state index in [1.165, 1.54) is 11.1 Å². The minimum atomic E-state index is 0.116. The van der Waals surface area contributed by atoms with Gasteiger partial charge >= 0.3 is 0 Å². The fourth-order valence-corrected chi connectivity index (χ4v) is 1.56. The van der Waals surface area contributed by atoms with Crippen LogP contribution in [0.3, 0.4) is 0 Å². The Morgan fingerprint density at radius 3 is 2.13 bits per heavy atom. The van der Waals surface area contributed by atoms with Gasteiger partial charge in [0.05, 0.1) is 0 Å². The molecule has 0 N–H and O–H groups in total. The summed E-state index contributed by atoms with van der Waals surface area (Å²) >= 11 is 0. The average molecular weight is 204 g/mol. The highest BCUT2D eigenvalue weighted by molar-refractivity contribution is 5.53. The Morgan fingerprint density at radius 1 is 1.20 bits per heavy atom. The minimum absolute atomic E-state index is 0.116. The molecule has 0 aliphatic carbocycles. The fourth-order valence-electron chi connectivity index (χ4n) is 1.56. The summed E-state index contributed by atoms with van der Waals surface area (Å²) in [5, 5.41) is 0. The third-order valence-corrected chi connectivity index (χ3v) is 2.61. The summed E-state index contributed by atoms with van der Waals surface area (Å²) in [6.45, 7) is 8.56. The van der Waals surface area contributed by atoms with Gasteiger partial charge in [0.25, 0.3) is 0 Å². The summed E-state index contributed by atoms with van der Waals surface area (Å²) in [6, 6.07) is 8.57. The van der Waals surface area contributed by atoms with E-state index in [2.05, 4.69) is 45.0 Å². The molecule has 1 rings (SSSR count). The van der Waals surface area contributed by atoms with Crippen molar-refractivity contribution in [2.45, 2.75) is 39.5 Å². The smallest absolute Gasteiger partial charge is 0.123 e. The van der Waals surface area contributed by atoms with Crippen LogP contribution in [0.15, 0.2) is 24.3 Å². The van der Waals surface area contributed by atoms with Crippen molar-refractivity contribution in [1.82, 2.24) is 0 Å². The second-order valence-electron chi connectivity index (χ2n) is 5.26. The summed E-state index contributed by atoms with van der Waals surface area (Å²) in [7, 11) is 0. The Labute approximate surface area is 92.5 Å². The third-order valence-electron chi connectivity index (χ3n) is 2.61. The van der Waals surface area contributed by atoms with Crippen LogP contribution in [-0.2, 0) is 16.6 Å². The van der Waals surface area contributed by atoms with Crippen molar-refractivity contribution in [2.75, 3.05) is 0 Å². The van der Waals surface area contributed by atoms with Gasteiger partial charge in [-0.15, -0.1) is 0 Å². The van der Waals surface area contributed by atoms with E-state index >= 15 is 0 Å². The van der Waals surface area contributed by atoms with Crippen LogP contribution in [0.5, 0.6) is 0 Å². The van der Waals surface area contributed by atoms with Gasteiger partial charge in [-0.05, 0) is 23.0 Å². The van der Waals surface area contributed by atoms with E-state index in [1.54, 1.807) is 0 Å². The zero-order valence-electron chi connectivity index (χ0n) is 10.1. The molecule has 0 unspecified atom stereocenters. The highest BCUT2D eigenvalue weighted by Crippen LogP contribution is 2.22. The van der Waals surface area contributed by atoms with Crippen LogP contribution < -0.4 is 0 Å². The standard InChI is InChI=1S/C14H20O/c1-11(10-15)9-12-5-7-13(8-6-12)14(2,3)4/h5-8,10-11H,9H2,1-4H3/t11-/m1/s1. The van der Waals surface area contributed by atoms with E-state index in [9.17, 15) is 4.79 Å². The second kappa shape index (κ2) is 4.61. The lowest BCUT2D eigenvalue weighted by Crippen LogP contribution is -2.11. The molecule has 0 amide bonds. The van der Waals surface area contributed by atoms with Crippen LogP contribution in [0.1, 0.15) is 38.8 Å². The van der Waals surface area contributed by atoms with E-state index < -0.39 is 0 Å². The Kier molecular flexibility index (Phi) is 3.67. The molecule has 0 saturated carbocycles. The molecule has 0 aliphatic heterocycles. The highest BCUT2D eigenvalue weighted by Gasteiger charge is 2.12. The summed E-state index contributed by atoms with van der Waals surface area (Å²) in [5.41, 5.74) is 2.78. The van der Waals surface area contributed by atoms with Crippen molar-refractivity contribution >= 4 is 6.29 Å². The van der Waals surface area contributed by atoms with Gasteiger partial charge in [0, 0.05) is 5.92 Å². The van der Waals surface area contributed by atoms with Gasteiger partial charge in [0.2, 0.25) is 0 Å². The van der Waals surface area contributed by atoms with Gasteiger partial charge in [-0.1, -0.05) is 52.0 Å². The number of rotatable bonds is 3. The monoisotopic (exact) mass is 204 g/mol. The molecule has 0 bridgehead atoms. The first-order chi connectivity index (χ1) is 6.93. The SMILES string of the molecule is C[C@@H](C=O)Cc1ccc(C(C)(C)C)cc1. The number of aldehydes is 1. The molecular formula is C14H20O. The van der Waals surface area contributed by atoms with Crippen LogP contribution in [0.25, 0.3) is 0 Å².